The summed E-state index contributed by atoms with van der Waals surface area (Å²) < 4.78 is 1.21. The number of hydrogen-bond acceptors (Lipinski definition) is 5. The Labute approximate surface area is 150 Å². The minimum Gasteiger partial charge on any atom is -0.347 e. The number of anilines is 2. The first kappa shape index (κ1) is 16.0. The van der Waals surface area contributed by atoms with E-state index in [1.54, 1.807) is 23.7 Å². The van der Waals surface area contributed by atoms with Crippen LogP contribution in [0.15, 0.2) is 42.7 Å². The zero-order valence-corrected chi connectivity index (χ0v) is 14.9. The number of fused-ring (bicyclic) bond motifs is 1. The number of hydrogen-bond donors (Lipinski definition) is 1. The van der Waals surface area contributed by atoms with Crippen LogP contribution in [0.4, 0.5) is 10.8 Å². The lowest BCUT2D eigenvalue weighted by Crippen LogP contribution is -2.40. The smallest absolute Gasteiger partial charge is 0.229 e. The summed E-state index contributed by atoms with van der Waals surface area (Å²) in [6.07, 6.45) is 5.29. The van der Waals surface area contributed by atoms with Crippen LogP contribution >= 0.6 is 11.3 Å². The lowest BCUT2D eigenvalue weighted by atomic mass is 9.97. The molecule has 1 amide bonds. The molecule has 4 rings (SSSR count). The van der Waals surface area contributed by atoms with Crippen molar-refractivity contribution in [3.05, 3.63) is 48.3 Å². The summed E-state index contributed by atoms with van der Waals surface area (Å²) in [7, 11) is 0. The van der Waals surface area contributed by atoms with Crippen LogP contribution in [-0.2, 0) is 4.79 Å². The Kier molecular flexibility index (Phi) is 4.36. The number of nitrogens with one attached hydrogen (secondary N) is 1. The molecule has 1 fully saturated rings. The van der Waals surface area contributed by atoms with Gasteiger partial charge in [-0.1, -0.05) is 17.4 Å². The van der Waals surface area contributed by atoms with Crippen LogP contribution in [0, 0.1) is 12.8 Å². The van der Waals surface area contributed by atoms with Gasteiger partial charge in [-0.15, -0.1) is 0 Å². The number of aryl methyl sites for hydroxylation is 1. The Balaban J connectivity index is 1.49. The van der Waals surface area contributed by atoms with E-state index in [0.29, 0.717) is 6.54 Å². The van der Waals surface area contributed by atoms with Gasteiger partial charge in [0.25, 0.3) is 0 Å². The van der Waals surface area contributed by atoms with Crippen molar-refractivity contribution in [2.24, 2.45) is 5.92 Å². The minimum atomic E-state index is -0.0253. The number of carbonyl (C=O) groups is 1. The molecule has 1 aromatic carbocycles. The van der Waals surface area contributed by atoms with Gasteiger partial charge in [-0.3, -0.25) is 9.78 Å². The molecule has 1 aliphatic rings. The second-order valence-electron chi connectivity index (χ2n) is 6.48. The Bertz CT molecular complexity index is 893. The van der Waals surface area contributed by atoms with E-state index in [4.69, 9.17) is 4.98 Å². The average Bonchev–Trinajstić information content (AvgIpc) is 3.06. The number of rotatable bonds is 3. The third-order valence-electron chi connectivity index (χ3n) is 4.52. The summed E-state index contributed by atoms with van der Waals surface area (Å²) >= 11 is 1.71. The fourth-order valence-electron chi connectivity index (χ4n) is 3.20. The lowest BCUT2D eigenvalue weighted by Gasteiger charge is -2.31. The van der Waals surface area contributed by atoms with Crippen LogP contribution in [0.2, 0.25) is 0 Å². The largest absolute Gasteiger partial charge is 0.347 e. The second-order valence-corrected chi connectivity index (χ2v) is 7.49. The van der Waals surface area contributed by atoms with Crippen molar-refractivity contribution in [1.29, 1.82) is 0 Å². The monoisotopic (exact) mass is 352 g/mol. The van der Waals surface area contributed by atoms with E-state index in [0.717, 1.165) is 35.7 Å². The SMILES string of the molecule is Cc1ccc2nc(N3CCCC(C(=O)Nc4cccnc4)C3)sc2c1. The third kappa shape index (κ3) is 3.49. The average molecular weight is 352 g/mol. The van der Waals surface area contributed by atoms with Gasteiger partial charge in [0.2, 0.25) is 5.91 Å². The van der Waals surface area contributed by atoms with Gasteiger partial charge in [0.1, 0.15) is 0 Å². The van der Waals surface area contributed by atoms with Crippen molar-refractivity contribution < 1.29 is 4.79 Å². The molecule has 1 atom stereocenters. The first-order chi connectivity index (χ1) is 12.2. The predicted molar refractivity (Wildman–Crippen MR) is 102 cm³/mol. The molecule has 5 nitrogen and oxygen atoms in total. The van der Waals surface area contributed by atoms with Gasteiger partial charge in [0.05, 0.1) is 28.0 Å². The number of amides is 1. The van der Waals surface area contributed by atoms with Gasteiger partial charge in [0.15, 0.2) is 5.13 Å². The van der Waals surface area contributed by atoms with Crippen LogP contribution in [0.3, 0.4) is 0 Å². The molecule has 128 valence electrons. The summed E-state index contributed by atoms with van der Waals surface area (Å²) in [4.78, 5) is 23.6. The highest BCUT2D eigenvalue weighted by Gasteiger charge is 2.27. The fourth-order valence-corrected chi connectivity index (χ4v) is 4.30. The van der Waals surface area contributed by atoms with E-state index in [-0.39, 0.29) is 11.8 Å². The van der Waals surface area contributed by atoms with E-state index < -0.39 is 0 Å². The minimum absolute atomic E-state index is 0.0253. The second kappa shape index (κ2) is 6.80. The summed E-state index contributed by atoms with van der Waals surface area (Å²) in [6, 6.07) is 10.0. The van der Waals surface area contributed by atoms with Gasteiger partial charge in [-0.25, -0.2) is 4.98 Å². The number of pyridine rings is 1. The maximum absolute atomic E-state index is 12.6. The quantitative estimate of drug-likeness (QED) is 0.778. The molecule has 0 aliphatic carbocycles. The van der Waals surface area contributed by atoms with Crippen molar-refractivity contribution in [3.63, 3.8) is 0 Å². The van der Waals surface area contributed by atoms with E-state index in [1.807, 2.05) is 12.1 Å². The molecule has 1 N–H and O–H groups in total. The molecule has 1 saturated heterocycles. The van der Waals surface area contributed by atoms with Crippen LogP contribution in [-0.4, -0.2) is 29.0 Å². The van der Waals surface area contributed by atoms with Gasteiger partial charge in [0, 0.05) is 19.3 Å². The molecule has 1 aliphatic heterocycles. The van der Waals surface area contributed by atoms with Crippen LogP contribution < -0.4 is 10.2 Å². The summed E-state index contributed by atoms with van der Waals surface area (Å²) in [5, 5.41) is 3.99. The molecule has 0 radical (unpaired) electrons. The van der Waals surface area contributed by atoms with Crippen molar-refractivity contribution in [2.45, 2.75) is 19.8 Å². The molecule has 6 heteroatoms. The first-order valence-corrected chi connectivity index (χ1v) is 9.34. The molecule has 2 aromatic heterocycles. The maximum Gasteiger partial charge on any atom is 0.229 e. The molecule has 3 aromatic rings. The molecule has 0 spiro atoms. The number of carbonyl (C=O) groups excluding carboxylic acids is 1. The fraction of sp³-hybridized carbons (Fsp3) is 0.316. The Morgan fingerprint density at radius 2 is 2.28 bits per heavy atom. The van der Waals surface area contributed by atoms with E-state index in [2.05, 4.69) is 40.3 Å². The number of nitrogens with zero attached hydrogens (tertiary/aromatic N) is 3. The van der Waals surface area contributed by atoms with Crippen molar-refractivity contribution in [2.75, 3.05) is 23.3 Å². The highest BCUT2D eigenvalue weighted by Crippen LogP contribution is 2.32. The summed E-state index contributed by atoms with van der Waals surface area (Å²) in [5.74, 6) is 0.0392. The maximum atomic E-state index is 12.6. The van der Waals surface area contributed by atoms with Gasteiger partial charge in [-0.05, 0) is 49.6 Å². The van der Waals surface area contributed by atoms with Crippen molar-refractivity contribution in [1.82, 2.24) is 9.97 Å². The molecule has 25 heavy (non-hydrogen) atoms. The number of thiazole rings is 1. The van der Waals surface area contributed by atoms with Gasteiger partial charge >= 0.3 is 0 Å². The lowest BCUT2D eigenvalue weighted by molar-refractivity contribution is -0.120. The van der Waals surface area contributed by atoms with Crippen LogP contribution in [0.5, 0.6) is 0 Å². The molecular weight excluding hydrogens is 332 g/mol. The predicted octanol–water partition coefficient (Wildman–Crippen LogP) is 3.85. The topological polar surface area (TPSA) is 58.1 Å². The molecule has 3 heterocycles. The zero-order chi connectivity index (χ0) is 17.2. The number of aromatic nitrogens is 2. The van der Waals surface area contributed by atoms with E-state index in [9.17, 15) is 4.79 Å². The summed E-state index contributed by atoms with van der Waals surface area (Å²) in [5.41, 5.74) is 3.03. The van der Waals surface area contributed by atoms with Crippen LogP contribution in [0.1, 0.15) is 18.4 Å². The molecular formula is C19H20N4OS. The first-order valence-electron chi connectivity index (χ1n) is 8.52. The highest BCUT2D eigenvalue weighted by atomic mass is 32.1. The Morgan fingerprint density at radius 3 is 3.12 bits per heavy atom. The van der Waals surface area contributed by atoms with Gasteiger partial charge in [-0.2, -0.15) is 0 Å². The molecule has 0 saturated carbocycles. The number of benzene rings is 1. The zero-order valence-electron chi connectivity index (χ0n) is 14.1. The van der Waals surface area contributed by atoms with Crippen molar-refractivity contribution in [3.8, 4) is 0 Å². The normalized spacial score (nSPS) is 17.6. The summed E-state index contributed by atoms with van der Waals surface area (Å²) in [6.45, 7) is 3.76. The highest BCUT2D eigenvalue weighted by molar-refractivity contribution is 7.22. The van der Waals surface area contributed by atoms with Crippen molar-refractivity contribution >= 4 is 38.3 Å². The third-order valence-corrected chi connectivity index (χ3v) is 5.60. The van der Waals surface area contributed by atoms with Crippen LogP contribution in [0.25, 0.3) is 10.2 Å². The Morgan fingerprint density at radius 1 is 1.36 bits per heavy atom. The number of piperidine rings is 1. The Hall–Kier alpha value is -2.47. The van der Waals surface area contributed by atoms with E-state index >= 15 is 0 Å². The molecule has 1 unspecified atom stereocenters. The standard InChI is InChI=1S/C19H20N4OS/c1-13-6-7-16-17(10-13)25-19(22-16)23-9-3-4-14(12-23)18(24)21-15-5-2-8-20-11-15/h2,5-8,10-11,14H,3-4,9,12H2,1H3,(H,21,24). The van der Waals surface area contributed by atoms with E-state index in [1.165, 1.54) is 10.3 Å². The molecule has 0 bridgehead atoms. The van der Waals surface area contributed by atoms with Gasteiger partial charge < -0.3 is 10.2 Å².